The third kappa shape index (κ3) is 6.18. The van der Waals surface area contributed by atoms with Crippen molar-refractivity contribution >= 4 is 16.7 Å². The number of benzene rings is 1. The van der Waals surface area contributed by atoms with E-state index in [1.54, 1.807) is 0 Å². The predicted molar refractivity (Wildman–Crippen MR) is 134 cm³/mol. The fourth-order valence-corrected chi connectivity index (χ4v) is 5.62. The number of piperazine rings is 1. The first-order chi connectivity index (χ1) is 15.5. The van der Waals surface area contributed by atoms with Crippen LogP contribution in [-0.2, 0) is 6.54 Å². The molecule has 2 heterocycles. The molecule has 0 amide bonds. The van der Waals surface area contributed by atoms with E-state index >= 15 is 0 Å². The molecule has 2 aromatic rings. The minimum absolute atomic E-state index is 0.783. The SMILES string of the molecule is CC1CC(C)CC(N2CCN(Cc3nc(NCCCN(C)C)c4ccccc4n3)CC2)C1. The molecule has 32 heavy (non-hydrogen) atoms. The molecular formula is C26H42N6. The minimum Gasteiger partial charge on any atom is -0.369 e. The van der Waals surface area contributed by atoms with Crippen LogP contribution in [0.3, 0.4) is 0 Å². The second-order valence-electron chi connectivity index (χ2n) is 10.5. The number of anilines is 1. The minimum atomic E-state index is 0.783. The zero-order chi connectivity index (χ0) is 22.5. The normalized spacial score (nSPS) is 25.5. The standard InChI is InChI=1S/C26H42N6/c1-20-16-21(2)18-22(17-20)32-14-12-31(13-15-32)19-25-28-24-9-6-5-8-23(24)26(29-25)27-10-7-11-30(3)4/h5-6,8-9,20-22H,7,10-19H2,1-4H3,(H,27,28,29). The van der Waals surface area contributed by atoms with Gasteiger partial charge in [0.1, 0.15) is 11.6 Å². The second kappa shape index (κ2) is 10.9. The van der Waals surface area contributed by atoms with Crippen molar-refractivity contribution in [2.75, 3.05) is 58.7 Å². The van der Waals surface area contributed by atoms with Crippen molar-refractivity contribution in [2.24, 2.45) is 11.8 Å². The average molecular weight is 439 g/mol. The van der Waals surface area contributed by atoms with Gasteiger partial charge in [-0.05, 0) is 70.3 Å². The van der Waals surface area contributed by atoms with Gasteiger partial charge in [0.2, 0.25) is 0 Å². The zero-order valence-electron chi connectivity index (χ0n) is 20.6. The number of aromatic nitrogens is 2. The fourth-order valence-electron chi connectivity index (χ4n) is 5.62. The third-order valence-electron chi connectivity index (χ3n) is 7.17. The molecule has 1 N–H and O–H groups in total. The number of hydrogen-bond acceptors (Lipinski definition) is 6. The average Bonchev–Trinajstić information content (AvgIpc) is 2.76. The molecule has 6 heteroatoms. The van der Waals surface area contributed by atoms with Gasteiger partial charge in [0.25, 0.3) is 0 Å². The lowest BCUT2D eigenvalue weighted by molar-refractivity contribution is 0.0529. The van der Waals surface area contributed by atoms with Crippen LogP contribution < -0.4 is 5.32 Å². The van der Waals surface area contributed by atoms with Crippen LogP contribution in [0.15, 0.2) is 24.3 Å². The summed E-state index contributed by atoms with van der Waals surface area (Å²) >= 11 is 0. The van der Waals surface area contributed by atoms with Crippen LogP contribution in [0, 0.1) is 11.8 Å². The monoisotopic (exact) mass is 438 g/mol. The van der Waals surface area contributed by atoms with Crippen LogP contribution >= 0.6 is 0 Å². The van der Waals surface area contributed by atoms with E-state index in [-0.39, 0.29) is 0 Å². The molecule has 2 fully saturated rings. The Balaban J connectivity index is 1.37. The molecule has 0 radical (unpaired) electrons. The van der Waals surface area contributed by atoms with E-state index in [0.29, 0.717) is 0 Å². The van der Waals surface area contributed by atoms with Crippen molar-refractivity contribution in [3.05, 3.63) is 30.1 Å². The van der Waals surface area contributed by atoms with Crippen LogP contribution in [0.5, 0.6) is 0 Å². The fraction of sp³-hybridized carbons (Fsp3) is 0.692. The van der Waals surface area contributed by atoms with Gasteiger partial charge in [0, 0.05) is 44.2 Å². The molecule has 1 saturated carbocycles. The van der Waals surface area contributed by atoms with Gasteiger partial charge in [-0.15, -0.1) is 0 Å². The summed E-state index contributed by atoms with van der Waals surface area (Å²) in [5.74, 6) is 3.66. The summed E-state index contributed by atoms with van der Waals surface area (Å²) in [5.41, 5.74) is 1.04. The molecule has 2 unspecified atom stereocenters. The first-order valence-electron chi connectivity index (χ1n) is 12.6. The van der Waals surface area contributed by atoms with Crippen molar-refractivity contribution in [3.63, 3.8) is 0 Å². The van der Waals surface area contributed by atoms with E-state index < -0.39 is 0 Å². The molecule has 1 aromatic heterocycles. The van der Waals surface area contributed by atoms with Crippen LogP contribution in [0.2, 0.25) is 0 Å². The molecule has 1 saturated heterocycles. The smallest absolute Gasteiger partial charge is 0.145 e. The Hall–Kier alpha value is -1.76. The quantitative estimate of drug-likeness (QED) is 0.630. The first kappa shape index (κ1) is 23.4. The summed E-state index contributed by atoms with van der Waals surface area (Å²) in [6.45, 7) is 12.3. The van der Waals surface area contributed by atoms with E-state index in [4.69, 9.17) is 9.97 Å². The van der Waals surface area contributed by atoms with E-state index in [9.17, 15) is 0 Å². The Kier molecular flexibility index (Phi) is 7.98. The number of fused-ring (bicyclic) bond motifs is 1. The third-order valence-corrected chi connectivity index (χ3v) is 7.17. The summed E-state index contributed by atoms with van der Waals surface area (Å²) in [6.07, 6.45) is 5.25. The molecule has 0 spiro atoms. The molecule has 0 bridgehead atoms. The molecular weight excluding hydrogens is 396 g/mol. The molecule has 2 aliphatic rings. The maximum absolute atomic E-state index is 4.95. The van der Waals surface area contributed by atoms with Gasteiger partial charge in [-0.25, -0.2) is 9.97 Å². The highest BCUT2D eigenvalue weighted by molar-refractivity contribution is 5.88. The van der Waals surface area contributed by atoms with Crippen molar-refractivity contribution in [1.29, 1.82) is 0 Å². The summed E-state index contributed by atoms with van der Waals surface area (Å²) < 4.78 is 0. The Morgan fingerprint density at radius 1 is 0.969 bits per heavy atom. The van der Waals surface area contributed by atoms with E-state index in [0.717, 1.165) is 79.6 Å². The summed E-state index contributed by atoms with van der Waals surface area (Å²) in [6, 6.07) is 9.15. The van der Waals surface area contributed by atoms with Gasteiger partial charge in [-0.2, -0.15) is 0 Å². The Labute approximate surface area is 194 Å². The highest BCUT2D eigenvalue weighted by Crippen LogP contribution is 2.32. The molecule has 6 nitrogen and oxygen atoms in total. The van der Waals surface area contributed by atoms with Crippen molar-refractivity contribution < 1.29 is 0 Å². The van der Waals surface area contributed by atoms with Crippen molar-refractivity contribution in [1.82, 2.24) is 24.7 Å². The Bertz CT molecular complexity index is 851. The van der Waals surface area contributed by atoms with Crippen LogP contribution in [0.25, 0.3) is 10.9 Å². The van der Waals surface area contributed by atoms with Crippen molar-refractivity contribution in [2.45, 2.75) is 52.1 Å². The topological polar surface area (TPSA) is 47.5 Å². The zero-order valence-corrected chi connectivity index (χ0v) is 20.6. The lowest BCUT2D eigenvalue weighted by Crippen LogP contribution is -2.51. The maximum atomic E-state index is 4.95. The lowest BCUT2D eigenvalue weighted by atomic mass is 9.79. The van der Waals surface area contributed by atoms with E-state index in [1.165, 1.54) is 32.4 Å². The predicted octanol–water partition coefficient (Wildman–Crippen LogP) is 3.94. The molecule has 1 aliphatic carbocycles. The van der Waals surface area contributed by atoms with Crippen LogP contribution in [0.1, 0.15) is 45.4 Å². The largest absolute Gasteiger partial charge is 0.369 e. The Morgan fingerprint density at radius 3 is 2.41 bits per heavy atom. The maximum Gasteiger partial charge on any atom is 0.145 e. The van der Waals surface area contributed by atoms with Gasteiger partial charge >= 0.3 is 0 Å². The van der Waals surface area contributed by atoms with Crippen LogP contribution in [0.4, 0.5) is 5.82 Å². The van der Waals surface area contributed by atoms with E-state index in [1.807, 2.05) is 0 Å². The first-order valence-corrected chi connectivity index (χ1v) is 12.6. The second-order valence-corrected chi connectivity index (χ2v) is 10.5. The summed E-state index contributed by atoms with van der Waals surface area (Å²) in [4.78, 5) is 17.4. The molecule has 2 atom stereocenters. The number of nitrogens with one attached hydrogen (secondary N) is 1. The lowest BCUT2D eigenvalue weighted by Gasteiger charge is -2.43. The van der Waals surface area contributed by atoms with Gasteiger partial charge in [0.05, 0.1) is 12.1 Å². The van der Waals surface area contributed by atoms with E-state index in [2.05, 4.69) is 72.2 Å². The summed E-state index contributed by atoms with van der Waals surface area (Å²) in [5, 5.41) is 4.69. The summed E-state index contributed by atoms with van der Waals surface area (Å²) in [7, 11) is 4.24. The van der Waals surface area contributed by atoms with Crippen molar-refractivity contribution in [3.8, 4) is 0 Å². The number of para-hydroxylation sites is 1. The highest BCUT2D eigenvalue weighted by Gasteiger charge is 2.30. The number of nitrogens with zero attached hydrogens (tertiary/aromatic N) is 5. The van der Waals surface area contributed by atoms with Crippen LogP contribution in [-0.4, -0.2) is 84.1 Å². The molecule has 176 valence electrons. The highest BCUT2D eigenvalue weighted by atomic mass is 15.3. The number of hydrogen-bond donors (Lipinski definition) is 1. The molecule has 1 aliphatic heterocycles. The van der Waals surface area contributed by atoms with Gasteiger partial charge in [-0.3, -0.25) is 9.80 Å². The molecule has 4 rings (SSSR count). The van der Waals surface area contributed by atoms with Gasteiger partial charge in [-0.1, -0.05) is 26.0 Å². The van der Waals surface area contributed by atoms with Gasteiger partial charge < -0.3 is 10.2 Å². The number of rotatable bonds is 8. The molecule has 1 aromatic carbocycles. The Morgan fingerprint density at radius 2 is 1.69 bits per heavy atom. The van der Waals surface area contributed by atoms with Gasteiger partial charge in [0.15, 0.2) is 0 Å².